The maximum Gasteiger partial charge on any atom is 0.138 e. The highest BCUT2D eigenvalue weighted by Crippen LogP contribution is 2.24. The van der Waals surface area contributed by atoms with Gasteiger partial charge in [-0.3, -0.25) is 0 Å². The molecule has 0 atom stereocenters. The van der Waals surface area contributed by atoms with E-state index in [4.69, 9.17) is 11.5 Å². The fourth-order valence-corrected chi connectivity index (χ4v) is 1.55. The van der Waals surface area contributed by atoms with Crippen molar-refractivity contribution in [2.24, 2.45) is 0 Å². The van der Waals surface area contributed by atoms with Crippen LogP contribution in [0.5, 0.6) is 5.75 Å². The molecule has 0 aromatic heterocycles. The average molecular weight is 229 g/mol. The highest BCUT2D eigenvalue weighted by molar-refractivity contribution is 5.59. The molecule has 88 valence electrons. The first-order valence-electron chi connectivity index (χ1n) is 5.32. The molecule has 0 aliphatic heterocycles. The van der Waals surface area contributed by atoms with E-state index in [1.807, 2.05) is 30.3 Å². The Morgan fingerprint density at radius 3 is 2.41 bits per heavy atom. The van der Waals surface area contributed by atoms with Crippen molar-refractivity contribution in [1.29, 1.82) is 0 Å². The maximum atomic E-state index is 9.46. The lowest BCUT2D eigenvalue weighted by Crippen LogP contribution is -2.03. The van der Waals surface area contributed by atoms with Crippen molar-refractivity contribution in [3.05, 3.63) is 48.0 Å². The number of para-hydroxylation sites is 1. The minimum absolute atomic E-state index is 0.113. The van der Waals surface area contributed by atoms with Crippen molar-refractivity contribution in [1.82, 2.24) is 0 Å². The first-order valence-corrected chi connectivity index (χ1v) is 5.32. The number of hydrogen-bond acceptors (Lipinski definition) is 4. The van der Waals surface area contributed by atoms with Crippen LogP contribution in [0, 0.1) is 0 Å². The molecule has 0 saturated carbocycles. The molecule has 0 spiro atoms. The van der Waals surface area contributed by atoms with Gasteiger partial charge in [0.2, 0.25) is 0 Å². The molecule has 0 aliphatic rings. The van der Waals surface area contributed by atoms with E-state index in [-0.39, 0.29) is 5.75 Å². The predicted octanol–water partition coefficient (Wildman–Crippen LogP) is 2.17. The van der Waals surface area contributed by atoms with Crippen molar-refractivity contribution in [2.45, 2.75) is 6.54 Å². The number of nitrogen functional groups attached to an aromatic ring is 2. The van der Waals surface area contributed by atoms with E-state index in [0.29, 0.717) is 12.2 Å². The highest BCUT2D eigenvalue weighted by Gasteiger charge is 2.02. The summed E-state index contributed by atoms with van der Waals surface area (Å²) in [5.41, 5.74) is 14.3. The minimum Gasteiger partial charge on any atom is -0.506 e. The molecule has 0 radical (unpaired) electrons. The molecular formula is C13H15N3O. The van der Waals surface area contributed by atoms with Gasteiger partial charge in [0.05, 0.1) is 5.69 Å². The lowest BCUT2D eigenvalue weighted by molar-refractivity contribution is 0.477. The first kappa shape index (κ1) is 11.1. The number of phenolic OH excluding ortho intramolecular Hbond substituents is 1. The number of hydrogen-bond donors (Lipinski definition) is 4. The van der Waals surface area contributed by atoms with Crippen LogP contribution in [0.3, 0.4) is 0 Å². The number of nitrogens with two attached hydrogens (primary N) is 2. The zero-order valence-electron chi connectivity index (χ0n) is 9.35. The van der Waals surface area contributed by atoms with Gasteiger partial charge in [0.15, 0.2) is 0 Å². The Morgan fingerprint density at radius 1 is 1.00 bits per heavy atom. The molecule has 17 heavy (non-hydrogen) atoms. The largest absolute Gasteiger partial charge is 0.506 e. The highest BCUT2D eigenvalue weighted by atomic mass is 16.3. The van der Waals surface area contributed by atoms with Crippen molar-refractivity contribution in [3.8, 4) is 5.75 Å². The summed E-state index contributed by atoms with van der Waals surface area (Å²) in [5, 5.41) is 12.7. The quantitative estimate of drug-likeness (QED) is 0.480. The summed E-state index contributed by atoms with van der Waals surface area (Å²) in [4.78, 5) is 0. The lowest BCUT2D eigenvalue weighted by atomic mass is 10.1. The second-order valence-corrected chi connectivity index (χ2v) is 3.83. The molecule has 0 saturated heterocycles. The smallest absolute Gasteiger partial charge is 0.138 e. The van der Waals surface area contributed by atoms with E-state index in [1.165, 1.54) is 0 Å². The third kappa shape index (κ3) is 2.60. The van der Waals surface area contributed by atoms with Crippen LogP contribution in [0.25, 0.3) is 0 Å². The van der Waals surface area contributed by atoms with Gasteiger partial charge in [0, 0.05) is 17.9 Å². The zero-order valence-corrected chi connectivity index (χ0v) is 9.35. The second-order valence-electron chi connectivity index (χ2n) is 3.83. The number of rotatable bonds is 3. The van der Waals surface area contributed by atoms with Gasteiger partial charge in [-0.05, 0) is 35.9 Å². The van der Waals surface area contributed by atoms with Crippen molar-refractivity contribution in [2.75, 3.05) is 16.8 Å². The van der Waals surface area contributed by atoms with Crippen LogP contribution < -0.4 is 16.8 Å². The molecule has 2 aromatic rings. The summed E-state index contributed by atoms with van der Waals surface area (Å²) in [6, 6.07) is 12.7. The summed E-state index contributed by atoms with van der Waals surface area (Å²) in [6.07, 6.45) is 0. The minimum atomic E-state index is 0.113. The molecule has 0 bridgehead atoms. The Hall–Kier alpha value is -2.36. The maximum absolute atomic E-state index is 9.46. The van der Waals surface area contributed by atoms with Gasteiger partial charge in [-0.25, -0.2) is 0 Å². The summed E-state index contributed by atoms with van der Waals surface area (Å²) in [5.74, 6) is 0.113. The van der Waals surface area contributed by atoms with Crippen LogP contribution in [-0.4, -0.2) is 5.11 Å². The fourth-order valence-electron chi connectivity index (χ4n) is 1.55. The Bertz CT molecular complexity index is 509. The lowest BCUT2D eigenvalue weighted by Gasteiger charge is -2.10. The van der Waals surface area contributed by atoms with E-state index < -0.39 is 0 Å². The summed E-state index contributed by atoms with van der Waals surface area (Å²) >= 11 is 0. The van der Waals surface area contributed by atoms with Gasteiger partial charge in [0.25, 0.3) is 0 Å². The Morgan fingerprint density at radius 2 is 1.71 bits per heavy atom. The number of aromatic hydroxyl groups is 1. The standard InChI is InChI=1S/C13H15N3O/c14-10-4-6-11(7-5-10)16-8-9-2-1-3-12(17)13(9)15/h1-7,16-17H,8,14-15H2. The topological polar surface area (TPSA) is 84.3 Å². The van der Waals surface area contributed by atoms with Crippen molar-refractivity contribution >= 4 is 17.1 Å². The van der Waals surface area contributed by atoms with Crippen LogP contribution >= 0.6 is 0 Å². The van der Waals surface area contributed by atoms with E-state index in [9.17, 15) is 5.11 Å². The molecule has 0 amide bonds. The Labute approximate surface area is 99.9 Å². The average Bonchev–Trinajstić information content (AvgIpc) is 2.33. The SMILES string of the molecule is Nc1ccc(NCc2cccc(O)c2N)cc1. The summed E-state index contributed by atoms with van der Waals surface area (Å²) in [6.45, 7) is 0.560. The van der Waals surface area contributed by atoms with Gasteiger partial charge in [0.1, 0.15) is 5.75 Å². The molecular weight excluding hydrogens is 214 g/mol. The number of benzene rings is 2. The molecule has 0 unspecified atom stereocenters. The normalized spacial score (nSPS) is 10.1. The van der Waals surface area contributed by atoms with Crippen LogP contribution in [0.1, 0.15) is 5.56 Å². The fraction of sp³-hybridized carbons (Fsp3) is 0.0769. The van der Waals surface area contributed by atoms with E-state index in [2.05, 4.69) is 5.32 Å². The third-order valence-corrected chi connectivity index (χ3v) is 2.57. The number of anilines is 3. The second kappa shape index (κ2) is 4.65. The van der Waals surface area contributed by atoms with Gasteiger partial charge < -0.3 is 21.9 Å². The van der Waals surface area contributed by atoms with Crippen molar-refractivity contribution < 1.29 is 5.11 Å². The molecule has 6 N–H and O–H groups in total. The van der Waals surface area contributed by atoms with Gasteiger partial charge >= 0.3 is 0 Å². The zero-order chi connectivity index (χ0) is 12.3. The van der Waals surface area contributed by atoms with Gasteiger partial charge in [-0.15, -0.1) is 0 Å². The molecule has 0 fully saturated rings. The molecule has 2 aromatic carbocycles. The molecule has 4 nitrogen and oxygen atoms in total. The monoisotopic (exact) mass is 229 g/mol. The molecule has 2 rings (SSSR count). The summed E-state index contributed by atoms with van der Waals surface area (Å²) in [7, 11) is 0. The molecule has 0 aliphatic carbocycles. The molecule has 0 heterocycles. The molecule has 4 heteroatoms. The van der Waals surface area contributed by atoms with Crippen LogP contribution in [0.15, 0.2) is 42.5 Å². The van der Waals surface area contributed by atoms with Crippen molar-refractivity contribution in [3.63, 3.8) is 0 Å². The van der Waals surface area contributed by atoms with Crippen LogP contribution in [0.2, 0.25) is 0 Å². The predicted molar refractivity (Wildman–Crippen MR) is 70.7 cm³/mol. The van der Waals surface area contributed by atoms with Gasteiger partial charge in [-0.1, -0.05) is 12.1 Å². The van der Waals surface area contributed by atoms with Gasteiger partial charge in [-0.2, -0.15) is 0 Å². The Balaban J connectivity index is 2.07. The van der Waals surface area contributed by atoms with Crippen LogP contribution in [-0.2, 0) is 6.54 Å². The first-order chi connectivity index (χ1) is 8.16. The van der Waals surface area contributed by atoms with E-state index in [0.717, 1.165) is 16.9 Å². The number of phenols is 1. The summed E-state index contributed by atoms with van der Waals surface area (Å²) < 4.78 is 0. The third-order valence-electron chi connectivity index (χ3n) is 2.57. The number of nitrogens with one attached hydrogen (secondary N) is 1. The Kier molecular flexibility index (Phi) is 3.05. The van der Waals surface area contributed by atoms with E-state index >= 15 is 0 Å². The van der Waals surface area contributed by atoms with Crippen LogP contribution in [0.4, 0.5) is 17.1 Å². The van der Waals surface area contributed by atoms with E-state index in [1.54, 1.807) is 12.1 Å².